The van der Waals surface area contributed by atoms with Crippen molar-refractivity contribution in [3.8, 4) is 0 Å². The van der Waals surface area contributed by atoms with Crippen molar-refractivity contribution in [2.75, 3.05) is 5.32 Å². The molecule has 0 saturated heterocycles. The van der Waals surface area contributed by atoms with Gasteiger partial charge in [-0.2, -0.15) is 0 Å². The van der Waals surface area contributed by atoms with Gasteiger partial charge in [0.15, 0.2) is 5.76 Å². The first-order valence-corrected chi connectivity index (χ1v) is 11.4. The number of nitrogens with one attached hydrogen (secondary N) is 2. The standard InChI is InChI=1S/C23H25N3O4S/c1-4-22(27)25-23-17(3)26-30-21(23)13-10-18-8-11-20(12-9-18)31(28,29)24-15-19-7-5-6-16(2)14-19/h5-14,24H,4,15H2,1-3H3,(H,25,27)/b13-10-. The number of hydrogen-bond acceptors (Lipinski definition) is 5. The molecule has 0 bridgehead atoms. The summed E-state index contributed by atoms with van der Waals surface area (Å²) in [4.78, 5) is 11.9. The van der Waals surface area contributed by atoms with Crippen LogP contribution in [0.25, 0.3) is 12.2 Å². The average molecular weight is 440 g/mol. The van der Waals surface area contributed by atoms with Crippen molar-refractivity contribution in [1.82, 2.24) is 9.88 Å². The van der Waals surface area contributed by atoms with E-state index in [0.29, 0.717) is 23.6 Å². The zero-order valence-corrected chi connectivity index (χ0v) is 18.5. The maximum absolute atomic E-state index is 12.6. The monoisotopic (exact) mass is 439 g/mol. The SMILES string of the molecule is CCC(=O)Nc1c(C)noc1/C=C\c1ccc(S(=O)(=O)NCc2cccc(C)c2)cc1. The Kier molecular flexibility index (Phi) is 7.04. The Balaban J connectivity index is 1.69. The van der Waals surface area contributed by atoms with Gasteiger partial charge in [0.1, 0.15) is 11.4 Å². The summed E-state index contributed by atoms with van der Waals surface area (Å²) in [6.07, 6.45) is 3.80. The van der Waals surface area contributed by atoms with E-state index in [1.807, 2.05) is 31.2 Å². The summed E-state index contributed by atoms with van der Waals surface area (Å²) in [5.74, 6) is 0.296. The van der Waals surface area contributed by atoms with Gasteiger partial charge in [-0.3, -0.25) is 4.79 Å². The van der Waals surface area contributed by atoms with Gasteiger partial charge in [-0.1, -0.05) is 60.1 Å². The van der Waals surface area contributed by atoms with Crippen LogP contribution < -0.4 is 10.0 Å². The molecule has 0 fully saturated rings. The zero-order valence-electron chi connectivity index (χ0n) is 17.7. The Morgan fingerprint density at radius 2 is 1.84 bits per heavy atom. The lowest BCUT2D eigenvalue weighted by Crippen LogP contribution is -2.23. The van der Waals surface area contributed by atoms with Crippen LogP contribution in [0.4, 0.5) is 5.69 Å². The van der Waals surface area contributed by atoms with E-state index in [0.717, 1.165) is 16.7 Å². The van der Waals surface area contributed by atoms with Gasteiger partial charge in [0.2, 0.25) is 15.9 Å². The third-order valence-corrected chi connectivity index (χ3v) is 6.06. The number of rotatable bonds is 8. The third-order valence-electron chi connectivity index (χ3n) is 4.64. The van der Waals surface area contributed by atoms with Crippen molar-refractivity contribution in [3.63, 3.8) is 0 Å². The van der Waals surface area contributed by atoms with Gasteiger partial charge in [0, 0.05) is 13.0 Å². The van der Waals surface area contributed by atoms with Crippen LogP contribution in [0.5, 0.6) is 0 Å². The molecule has 0 unspecified atom stereocenters. The second-order valence-electron chi connectivity index (χ2n) is 7.12. The Morgan fingerprint density at radius 1 is 1.10 bits per heavy atom. The number of hydrogen-bond donors (Lipinski definition) is 2. The van der Waals surface area contributed by atoms with Crippen LogP contribution in [-0.2, 0) is 21.4 Å². The van der Waals surface area contributed by atoms with Gasteiger partial charge in [0.25, 0.3) is 0 Å². The molecular formula is C23H25N3O4S. The molecule has 162 valence electrons. The van der Waals surface area contributed by atoms with Crippen LogP contribution >= 0.6 is 0 Å². The van der Waals surface area contributed by atoms with E-state index in [2.05, 4.69) is 15.2 Å². The molecule has 0 radical (unpaired) electrons. The highest BCUT2D eigenvalue weighted by Crippen LogP contribution is 2.23. The molecule has 8 heteroatoms. The fourth-order valence-corrected chi connectivity index (χ4v) is 3.91. The highest BCUT2D eigenvalue weighted by molar-refractivity contribution is 7.89. The van der Waals surface area contributed by atoms with Crippen LogP contribution in [0.1, 0.15) is 41.5 Å². The van der Waals surface area contributed by atoms with E-state index in [-0.39, 0.29) is 17.3 Å². The maximum Gasteiger partial charge on any atom is 0.240 e. The number of nitrogens with zero attached hydrogens (tertiary/aromatic N) is 1. The minimum absolute atomic E-state index is 0.131. The van der Waals surface area contributed by atoms with E-state index >= 15 is 0 Å². The minimum Gasteiger partial charge on any atom is -0.354 e. The Labute approximate surface area is 182 Å². The lowest BCUT2D eigenvalue weighted by atomic mass is 10.1. The van der Waals surface area contributed by atoms with Crippen molar-refractivity contribution in [2.45, 2.75) is 38.6 Å². The number of carbonyl (C=O) groups excluding carboxylic acids is 1. The molecule has 1 heterocycles. The van der Waals surface area contributed by atoms with Crippen LogP contribution in [0.3, 0.4) is 0 Å². The molecule has 2 aromatic carbocycles. The Bertz CT molecular complexity index is 1200. The molecule has 0 saturated carbocycles. The second-order valence-corrected chi connectivity index (χ2v) is 8.89. The fourth-order valence-electron chi connectivity index (χ4n) is 2.89. The topological polar surface area (TPSA) is 101 Å². The van der Waals surface area contributed by atoms with E-state index < -0.39 is 10.0 Å². The molecule has 0 aliphatic heterocycles. The van der Waals surface area contributed by atoms with Gasteiger partial charge in [-0.25, -0.2) is 13.1 Å². The summed E-state index contributed by atoms with van der Waals surface area (Å²) >= 11 is 0. The van der Waals surface area contributed by atoms with Gasteiger partial charge >= 0.3 is 0 Å². The van der Waals surface area contributed by atoms with Gasteiger partial charge in [-0.15, -0.1) is 0 Å². The highest BCUT2D eigenvalue weighted by Gasteiger charge is 2.14. The van der Waals surface area contributed by atoms with Gasteiger partial charge in [0.05, 0.1) is 4.90 Å². The largest absolute Gasteiger partial charge is 0.354 e. The quantitative estimate of drug-likeness (QED) is 0.545. The molecule has 2 N–H and O–H groups in total. The van der Waals surface area contributed by atoms with Crippen LogP contribution in [0.2, 0.25) is 0 Å². The van der Waals surface area contributed by atoms with E-state index in [1.165, 1.54) is 0 Å². The summed E-state index contributed by atoms with van der Waals surface area (Å²) in [5.41, 5.74) is 3.87. The number of carbonyl (C=O) groups is 1. The second kappa shape index (κ2) is 9.72. The molecule has 7 nitrogen and oxygen atoms in total. The van der Waals surface area contributed by atoms with Gasteiger partial charge < -0.3 is 9.84 Å². The van der Waals surface area contributed by atoms with Crippen LogP contribution in [0.15, 0.2) is 57.9 Å². The highest BCUT2D eigenvalue weighted by atomic mass is 32.2. The molecule has 3 rings (SSSR count). The van der Waals surface area contributed by atoms with E-state index in [9.17, 15) is 13.2 Å². The smallest absolute Gasteiger partial charge is 0.240 e. The third kappa shape index (κ3) is 5.90. The van der Waals surface area contributed by atoms with Gasteiger partial charge in [-0.05, 0) is 43.2 Å². The Hall–Kier alpha value is -3.23. The van der Waals surface area contributed by atoms with E-state index in [4.69, 9.17) is 4.52 Å². The molecule has 3 aromatic rings. The van der Waals surface area contributed by atoms with Crippen molar-refractivity contribution < 1.29 is 17.7 Å². The molecule has 1 amide bonds. The molecular weight excluding hydrogens is 414 g/mol. The zero-order chi connectivity index (χ0) is 22.4. The predicted molar refractivity (Wildman–Crippen MR) is 121 cm³/mol. The first kappa shape index (κ1) is 22.5. The fraction of sp³-hybridized carbons (Fsp3) is 0.217. The Morgan fingerprint density at radius 3 is 2.52 bits per heavy atom. The van der Waals surface area contributed by atoms with Crippen molar-refractivity contribution in [1.29, 1.82) is 0 Å². The lowest BCUT2D eigenvalue weighted by Gasteiger charge is -2.08. The molecule has 0 atom stereocenters. The number of aryl methyl sites for hydroxylation is 2. The summed E-state index contributed by atoms with van der Waals surface area (Å²) in [6.45, 7) is 5.70. The van der Waals surface area contributed by atoms with Crippen molar-refractivity contribution >= 4 is 33.8 Å². The summed E-state index contributed by atoms with van der Waals surface area (Å²) in [5, 5.41) is 6.66. The number of benzene rings is 2. The number of anilines is 1. The normalized spacial score (nSPS) is 11.7. The van der Waals surface area contributed by atoms with Crippen LogP contribution in [-0.4, -0.2) is 19.5 Å². The van der Waals surface area contributed by atoms with Crippen LogP contribution in [0, 0.1) is 13.8 Å². The summed E-state index contributed by atoms with van der Waals surface area (Å²) < 4.78 is 33.0. The first-order chi connectivity index (χ1) is 14.8. The minimum atomic E-state index is -3.63. The number of amides is 1. The van der Waals surface area contributed by atoms with E-state index in [1.54, 1.807) is 50.3 Å². The lowest BCUT2D eigenvalue weighted by molar-refractivity contribution is -0.115. The van der Waals surface area contributed by atoms with Crippen molar-refractivity contribution in [2.24, 2.45) is 0 Å². The summed E-state index contributed by atoms with van der Waals surface area (Å²) in [7, 11) is -3.63. The molecule has 0 aliphatic carbocycles. The molecule has 1 aromatic heterocycles. The molecule has 31 heavy (non-hydrogen) atoms. The maximum atomic E-state index is 12.6. The average Bonchev–Trinajstić information content (AvgIpc) is 3.10. The summed E-state index contributed by atoms with van der Waals surface area (Å²) in [6, 6.07) is 14.2. The molecule has 0 aliphatic rings. The number of sulfonamides is 1. The van der Waals surface area contributed by atoms with Crippen molar-refractivity contribution in [3.05, 3.63) is 76.7 Å². The first-order valence-electron chi connectivity index (χ1n) is 9.88. The molecule has 0 spiro atoms. The predicted octanol–water partition coefficient (Wildman–Crippen LogP) is 4.29. The number of aromatic nitrogens is 1.